The van der Waals surface area contributed by atoms with Gasteiger partial charge in [0.2, 0.25) is 0 Å². The summed E-state index contributed by atoms with van der Waals surface area (Å²) in [5.74, 6) is -0.182. The largest absolute Gasteiger partial charge is 0.466 e. The van der Waals surface area contributed by atoms with E-state index in [1.54, 1.807) is 0 Å². The molecule has 0 unspecified atom stereocenters. The van der Waals surface area contributed by atoms with Crippen molar-refractivity contribution in [3.63, 3.8) is 0 Å². The number of unbranched alkanes of at least 4 members (excludes halogenated alkanes) is 9. The molecule has 29 heavy (non-hydrogen) atoms. The van der Waals surface area contributed by atoms with Gasteiger partial charge in [-0.15, -0.1) is 0 Å². The van der Waals surface area contributed by atoms with Crippen molar-refractivity contribution in [2.24, 2.45) is 0 Å². The van der Waals surface area contributed by atoms with Crippen LogP contribution in [0.4, 0.5) is 0 Å². The number of carbonyl (C=O) groups is 2. The summed E-state index contributed by atoms with van der Waals surface area (Å²) < 4.78 is 11.7. The Kier molecular flexibility index (Phi) is 15.8. The van der Waals surface area contributed by atoms with Crippen LogP contribution in [0.3, 0.4) is 0 Å². The monoisotopic (exact) mass is 516 g/mol. The number of carbonyl (C=O) groups excluding carboxylic acids is 2. The van der Waals surface area contributed by atoms with Gasteiger partial charge in [-0.25, -0.2) is 0 Å². The first-order valence-electron chi connectivity index (χ1n) is 11.2. The predicted octanol–water partition coefficient (Wildman–Crippen LogP) is 6.97. The Labute approximate surface area is 190 Å². The second-order valence-electron chi connectivity index (χ2n) is 7.51. The van der Waals surface area contributed by atoms with E-state index in [0.29, 0.717) is 26.1 Å². The zero-order valence-electron chi connectivity index (χ0n) is 17.9. The molecule has 1 aromatic rings. The van der Waals surface area contributed by atoms with E-state index in [2.05, 4.69) is 29.5 Å². The highest BCUT2D eigenvalue weighted by molar-refractivity contribution is 14.1. The first-order valence-corrected chi connectivity index (χ1v) is 12.3. The second-order valence-corrected chi connectivity index (χ2v) is 8.67. The van der Waals surface area contributed by atoms with E-state index >= 15 is 0 Å². The Balaban J connectivity index is 1.88. The number of hydrogen-bond donors (Lipinski definition) is 0. The highest BCUT2D eigenvalue weighted by Crippen LogP contribution is 2.14. The molecule has 0 bridgehead atoms. The standard InChI is InChI=1S/C24H37IO4/c1-2-3-4-9-14-19-28-23(26)17-10-7-5-6-8-11-18-24(27)29-20-21-15-12-13-16-22(21)25/h12-13,15-16H,2-11,14,17-20H2,1H3. The highest BCUT2D eigenvalue weighted by Gasteiger charge is 2.06. The molecule has 164 valence electrons. The molecule has 1 rings (SSSR count). The fourth-order valence-corrected chi connectivity index (χ4v) is 3.60. The topological polar surface area (TPSA) is 52.6 Å². The number of benzene rings is 1. The van der Waals surface area contributed by atoms with E-state index in [4.69, 9.17) is 9.47 Å². The summed E-state index contributed by atoms with van der Waals surface area (Å²) in [5.41, 5.74) is 1.05. The van der Waals surface area contributed by atoms with Gasteiger partial charge < -0.3 is 9.47 Å². The maximum absolute atomic E-state index is 11.8. The van der Waals surface area contributed by atoms with Crippen molar-refractivity contribution in [2.75, 3.05) is 6.61 Å². The molecule has 0 aliphatic carbocycles. The van der Waals surface area contributed by atoms with Crippen molar-refractivity contribution in [3.8, 4) is 0 Å². The predicted molar refractivity (Wildman–Crippen MR) is 126 cm³/mol. The fraction of sp³-hybridized carbons (Fsp3) is 0.667. The Hall–Kier alpha value is -1.11. The first-order chi connectivity index (χ1) is 14.1. The maximum Gasteiger partial charge on any atom is 0.306 e. The molecule has 0 radical (unpaired) electrons. The third-order valence-corrected chi connectivity index (χ3v) is 5.92. The molecule has 0 aliphatic heterocycles. The van der Waals surface area contributed by atoms with E-state index in [0.717, 1.165) is 60.5 Å². The van der Waals surface area contributed by atoms with Crippen molar-refractivity contribution >= 4 is 34.5 Å². The third kappa shape index (κ3) is 14.5. The van der Waals surface area contributed by atoms with Crippen molar-refractivity contribution in [1.82, 2.24) is 0 Å². The van der Waals surface area contributed by atoms with E-state index < -0.39 is 0 Å². The van der Waals surface area contributed by atoms with Gasteiger partial charge in [-0.2, -0.15) is 0 Å². The molecule has 0 aliphatic rings. The Bertz CT molecular complexity index is 574. The minimum atomic E-state index is -0.123. The lowest BCUT2D eigenvalue weighted by molar-refractivity contribution is -0.145. The van der Waals surface area contributed by atoms with E-state index in [1.807, 2.05) is 24.3 Å². The minimum absolute atomic E-state index is 0.0590. The van der Waals surface area contributed by atoms with Crippen molar-refractivity contribution < 1.29 is 19.1 Å². The number of ether oxygens (including phenoxy) is 2. The summed E-state index contributed by atoms with van der Waals surface area (Å²) in [4.78, 5) is 23.5. The smallest absolute Gasteiger partial charge is 0.306 e. The van der Waals surface area contributed by atoms with Crippen LogP contribution >= 0.6 is 22.6 Å². The van der Waals surface area contributed by atoms with Gasteiger partial charge in [0.15, 0.2) is 0 Å². The van der Waals surface area contributed by atoms with Gasteiger partial charge in [-0.3, -0.25) is 9.59 Å². The van der Waals surface area contributed by atoms with Crippen LogP contribution in [0.1, 0.15) is 96.0 Å². The zero-order valence-corrected chi connectivity index (χ0v) is 20.1. The number of halogens is 1. The molecular formula is C24H37IO4. The molecule has 0 spiro atoms. The van der Waals surface area contributed by atoms with Crippen LogP contribution in [0.25, 0.3) is 0 Å². The SMILES string of the molecule is CCCCCCCOC(=O)CCCCCCCCC(=O)OCc1ccccc1I. The summed E-state index contributed by atoms with van der Waals surface area (Å²) in [6.07, 6.45) is 12.9. The number of esters is 2. The van der Waals surface area contributed by atoms with E-state index in [-0.39, 0.29) is 11.9 Å². The van der Waals surface area contributed by atoms with Gasteiger partial charge in [-0.05, 0) is 47.9 Å². The van der Waals surface area contributed by atoms with Crippen LogP contribution in [-0.4, -0.2) is 18.5 Å². The molecule has 0 saturated carbocycles. The molecule has 0 atom stereocenters. The molecule has 0 heterocycles. The summed E-state index contributed by atoms with van der Waals surface area (Å²) in [7, 11) is 0. The Morgan fingerprint density at radius 2 is 1.31 bits per heavy atom. The lowest BCUT2D eigenvalue weighted by Gasteiger charge is -2.07. The maximum atomic E-state index is 11.8. The van der Waals surface area contributed by atoms with Crippen LogP contribution in [0.2, 0.25) is 0 Å². The molecule has 0 fully saturated rings. The van der Waals surface area contributed by atoms with Crippen LogP contribution in [0, 0.1) is 3.57 Å². The van der Waals surface area contributed by atoms with Gasteiger partial charge in [-0.1, -0.05) is 76.5 Å². The lowest BCUT2D eigenvalue weighted by atomic mass is 10.1. The molecule has 4 nitrogen and oxygen atoms in total. The summed E-state index contributed by atoms with van der Waals surface area (Å²) in [6, 6.07) is 7.93. The minimum Gasteiger partial charge on any atom is -0.466 e. The lowest BCUT2D eigenvalue weighted by Crippen LogP contribution is -2.05. The van der Waals surface area contributed by atoms with Crippen LogP contribution < -0.4 is 0 Å². The molecular weight excluding hydrogens is 479 g/mol. The van der Waals surface area contributed by atoms with Gasteiger partial charge in [0, 0.05) is 22.0 Å². The fourth-order valence-electron chi connectivity index (χ4n) is 3.06. The Morgan fingerprint density at radius 1 is 0.759 bits per heavy atom. The molecule has 0 saturated heterocycles. The van der Waals surface area contributed by atoms with Crippen LogP contribution in [0.15, 0.2) is 24.3 Å². The number of rotatable bonds is 17. The highest BCUT2D eigenvalue weighted by atomic mass is 127. The average Bonchev–Trinajstić information content (AvgIpc) is 2.72. The van der Waals surface area contributed by atoms with Crippen LogP contribution in [0.5, 0.6) is 0 Å². The molecule has 0 N–H and O–H groups in total. The third-order valence-electron chi connectivity index (χ3n) is 4.87. The Morgan fingerprint density at radius 3 is 1.97 bits per heavy atom. The van der Waals surface area contributed by atoms with Crippen molar-refractivity contribution in [2.45, 2.75) is 97.0 Å². The zero-order chi connectivity index (χ0) is 21.2. The molecule has 5 heteroatoms. The second kappa shape index (κ2) is 17.7. The van der Waals surface area contributed by atoms with Gasteiger partial charge in [0.25, 0.3) is 0 Å². The average molecular weight is 516 g/mol. The normalized spacial score (nSPS) is 10.7. The molecule has 1 aromatic carbocycles. The van der Waals surface area contributed by atoms with E-state index in [1.165, 1.54) is 19.3 Å². The quantitative estimate of drug-likeness (QED) is 0.128. The molecule has 0 amide bonds. The molecule has 0 aromatic heterocycles. The van der Waals surface area contributed by atoms with E-state index in [9.17, 15) is 9.59 Å². The van der Waals surface area contributed by atoms with Gasteiger partial charge in [0.05, 0.1) is 6.61 Å². The van der Waals surface area contributed by atoms with Crippen molar-refractivity contribution in [1.29, 1.82) is 0 Å². The summed E-state index contributed by atoms with van der Waals surface area (Å²) in [5, 5.41) is 0. The van der Waals surface area contributed by atoms with Gasteiger partial charge in [0.1, 0.15) is 6.61 Å². The first kappa shape index (κ1) is 25.9. The number of hydrogen-bond acceptors (Lipinski definition) is 4. The van der Waals surface area contributed by atoms with Crippen molar-refractivity contribution in [3.05, 3.63) is 33.4 Å². The van der Waals surface area contributed by atoms with Crippen LogP contribution in [-0.2, 0) is 25.7 Å². The summed E-state index contributed by atoms with van der Waals surface area (Å²) in [6.45, 7) is 3.12. The summed E-state index contributed by atoms with van der Waals surface area (Å²) >= 11 is 2.25. The van der Waals surface area contributed by atoms with Gasteiger partial charge >= 0.3 is 11.9 Å².